The summed E-state index contributed by atoms with van der Waals surface area (Å²) in [5, 5.41) is -0.210. The average molecular weight is 290 g/mol. The Morgan fingerprint density at radius 2 is 2.11 bits per heavy atom. The average Bonchev–Trinajstić information content (AvgIpc) is 2.37. The largest absolute Gasteiger partial charge is 0.374 e. The second-order valence-electron chi connectivity index (χ2n) is 6.13. The van der Waals surface area contributed by atoms with Gasteiger partial charge in [0.05, 0.1) is 18.0 Å². The van der Waals surface area contributed by atoms with E-state index < -0.39 is 9.84 Å². The van der Waals surface area contributed by atoms with Crippen LogP contribution in [-0.4, -0.2) is 63.7 Å². The molecule has 1 heterocycles. The summed E-state index contributed by atoms with van der Waals surface area (Å²) in [4.78, 5) is 2.23. The summed E-state index contributed by atoms with van der Waals surface area (Å²) in [6.07, 6.45) is 4.85. The lowest BCUT2D eigenvalue weighted by Crippen LogP contribution is -2.53. The lowest BCUT2D eigenvalue weighted by molar-refractivity contribution is -0.0442. The van der Waals surface area contributed by atoms with E-state index in [1.807, 2.05) is 0 Å². The van der Waals surface area contributed by atoms with Crippen molar-refractivity contribution in [3.63, 3.8) is 0 Å². The normalized spacial score (nSPS) is 36.1. The summed E-state index contributed by atoms with van der Waals surface area (Å²) in [7, 11) is -0.869. The van der Waals surface area contributed by atoms with Crippen molar-refractivity contribution in [1.82, 2.24) is 4.90 Å². The van der Waals surface area contributed by atoms with Crippen molar-refractivity contribution in [3.05, 3.63) is 0 Å². The highest BCUT2D eigenvalue weighted by Gasteiger charge is 2.36. The van der Waals surface area contributed by atoms with Crippen LogP contribution in [0, 0.1) is 5.92 Å². The van der Waals surface area contributed by atoms with Crippen molar-refractivity contribution < 1.29 is 13.2 Å². The molecule has 0 amide bonds. The van der Waals surface area contributed by atoms with Gasteiger partial charge < -0.3 is 15.4 Å². The van der Waals surface area contributed by atoms with E-state index in [-0.39, 0.29) is 23.3 Å². The Morgan fingerprint density at radius 3 is 2.74 bits per heavy atom. The number of nitrogens with two attached hydrogens (primary N) is 1. The summed E-state index contributed by atoms with van der Waals surface area (Å²) < 4.78 is 29.2. The van der Waals surface area contributed by atoms with Crippen LogP contribution >= 0.6 is 0 Å². The standard InChI is InChI=1S/C13H26N2O3S/c1-15-6-7-18-12(9-15)13(14)10-4-3-5-11(8-10)19(2,16)17/h10-13H,3-9,14H2,1-2H3. The SMILES string of the molecule is CN1CCOC(C(N)C2CCCC(S(C)(=O)=O)C2)C1. The van der Waals surface area contributed by atoms with Crippen LogP contribution < -0.4 is 5.73 Å². The Kier molecular flexibility index (Phi) is 4.87. The summed E-state index contributed by atoms with van der Waals surface area (Å²) in [5.74, 6) is 0.268. The maximum atomic E-state index is 11.7. The molecule has 0 radical (unpaired) electrons. The fourth-order valence-corrected chi connectivity index (χ4v) is 4.46. The van der Waals surface area contributed by atoms with Gasteiger partial charge in [-0.1, -0.05) is 6.42 Å². The van der Waals surface area contributed by atoms with Gasteiger partial charge in [0.1, 0.15) is 9.84 Å². The van der Waals surface area contributed by atoms with Crippen LogP contribution in [0.25, 0.3) is 0 Å². The smallest absolute Gasteiger partial charge is 0.150 e. The Morgan fingerprint density at radius 1 is 1.37 bits per heavy atom. The molecule has 4 atom stereocenters. The number of sulfone groups is 1. The molecule has 2 fully saturated rings. The van der Waals surface area contributed by atoms with Crippen molar-refractivity contribution >= 4 is 9.84 Å². The van der Waals surface area contributed by atoms with Crippen molar-refractivity contribution in [2.75, 3.05) is 33.0 Å². The Hall–Kier alpha value is -0.170. The third-order valence-electron chi connectivity index (χ3n) is 4.54. The van der Waals surface area contributed by atoms with Crippen molar-refractivity contribution in [2.24, 2.45) is 11.7 Å². The first-order valence-corrected chi connectivity index (χ1v) is 9.08. The molecule has 112 valence electrons. The van der Waals surface area contributed by atoms with Crippen LogP contribution in [0.2, 0.25) is 0 Å². The number of hydrogen-bond acceptors (Lipinski definition) is 5. The van der Waals surface area contributed by atoms with E-state index in [0.717, 1.165) is 39.0 Å². The van der Waals surface area contributed by atoms with Crippen LogP contribution in [0.1, 0.15) is 25.7 Å². The molecule has 2 aliphatic rings. The number of hydrogen-bond donors (Lipinski definition) is 1. The Bertz CT molecular complexity index is 399. The molecular weight excluding hydrogens is 264 g/mol. The molecular formula is C13H26N2O3S. The van der Waals surface area contributed by atoms with Gasteiger partial charge in [-0.2, -0.15) is 0 Å². The van der Waals surface area contributed by atoms with Gasteiger partial charge in [-0.05, 0) is 32.2 Å². The van der Waals surface area contributed by atoms with E-state index in [9.17, 15) is 8.42 Å². The number of rotatable bonds is 3. The fraction of sp³-hybridized carbons (Fsp3) is 1.00. The predicted molar refractivity (Wildman–Crippen MR) is 75.8 cm³/mol. The summed E-state index contributed by atoms with van der Waals surface area (Å²) in [5.41, 5.74) is 6.34. The van der Waals surface area contributed by atoms with Crippen LogP contribution in [0.4, 0.5) is 0 Å². The van der Waals surface area contributed by atoms with Gasteiger partial charge in [-0.25, -0.2) is 8.42 Å². The van der Waals surface area contributed by atoms with Gasteiger partial charge >= 0.3 is 0 Å². The first-order valence-electron chi connectivity index (χ1n) is 7.12. The first-order chi connectivity index (χ1) is 8.88. The summed E-state index contributed by atoms with van der Waals surface area (Å²) >= 11 is 0. The second kappa shape index (κ2) is 6.08. The third kappa shape index (κ3) is 3.90. The van der Waals surface area contributed by atoms with Crippen LogP contribution in [0.15, 0.2) is 0 Å². The van der Waals surface area contributed by atoms with Crippen molar-refractivity contribution in [3.8, 4) is 0 Å². The number of nitrogens with zero attached hydrogens (tertiary/aromatic N) is 1. The zero-order valence-electron chi connectivity index (χ0n) is 11.9. The summed E-state index contributed by atoms with van der Waals surface area (Å²) in [6, 6.07) is -0.0488. The van der Waals surface area contributed by atoms with Crippen molar-refractivity contribution in [2.45, 2.75) is 43.1 Å². The van der Waals surface area contributed by atoms with Gasteiger partial charge in [-0.3, -0.25) is 0 Å². The van der Waals surface area contributed by atoms with Gasteiger partial charge in [0.25, 0.3) is 0 Å². The number of likely N-dealkylation sites (N-methyl/N-ethyl adjacent to an activating group) is 1. The molecule has 19 heavy (non-hydrogen) atoms. The molecule has 2 rings (SSSR count). The van der Waals surface area contributed by atoms with Gasteiger partial charge in [-0.15, -0.1) is 0 Å². The van der Waals surface area contributed by atoms with Gasteiger partial charge in [0.15, 0.2) is 0 Å². The third-order valence-corrected chi connectivity index (χ3v) is 6.18. The minimum Gasteiger partial charge on any atom is -0.374 e. The topological polar surface area (TPSA) is 72.6 Å². The van der Waals surface area contributed by atoms with E-state index in [2.05, 4.69) is 11.9 Å². The molecule has 1 saturated heterocycles. The monoisotopic (exact) mass is 290 g/mol. The van der Waals surface area contributed by atoms with Crippen LogP contribution in [0.3, 0.4) is 0 Å². The lowest BCUT2D eigenvalue weighted by atomic mass is 9.81. The quantitative estimate of drug-likeness (QED) is 0.806. The Balaban J connectivity index is 1.96. The second-order valence-corrected chi connectivity index (χ2v) is 8.45. The number of morpholine rings is 1. The van der Waals surface area contributed by atoms with Crippen LogP contribution in [0.5, 0.6) is 0 Å². The van der Waals surface area contributed by atoms with Crippen molar-refractivity contribution in [1.29, 1.82) is 0 Å². The van der Waals surface area contributed by atoms with Crippen LogP contribution in [-0.2, 0) is 14.6 Å². The maximum Gasteiger partial charge on any atom is 0.150 e. The van der Waals surface area contributed by atoms with E-state index >= 15 is 0 Å². The zero-order valence-corrected chi connectivity index (χ0v) is 12.7. The maximum absolute atomic E-state index is 11.7. The van der Waals surface area contributed by atoms with E-state index in [1.54, 1.807) is 0 Å². The molecule has 2 N–H and O–H groups in total. The minimum absolute atomic E-state index is 0.0436. The molecule has 0 aromatic rings. The highest BCUT2D eigenvalue weighted by molar-refractivity contribution is 7.91. The molecule has 5 nitrogen and oxygen atoms in total. The summed E-state index contributed by atoms with van der Waals surface area (Å²) in [6.45, 7) is 2.51. The van der Waals surface area contributed by atoms with E-state index in [1.165, 1.54) is 6.26 Å². The molecule has 6 heteroatoms. The van der Waals surface area contributed by atoms with E-state index in [4.69, 9.17) is 10.5 Å². The van der Waals surface area contributed by atoms with Gasteiger partial charge in [0.2, 0.25) is 0 Å². The molecule has 1 aliphatic carbocycles. The first kappa shape index (κ1) is 15.2. The molecule has 0 spiro atoms. The Labute approximate surface area is 116 Å². The molecule has 0 aromatic heterocycles. The highest BCUT2D eigenvalue weighted by atomic mass is 32.2. The molecule has 4 unspecified atom stereocenters. The molecule has 0 aromatic carbocycles. The van der Waals surface area contributed by atoms with Gasteiger partial charge in [0, 0.05) is 25.4 Å². The lowest BCUT2D eigenvalue weighted by Gasteiger charge is -2.39. The molecule has 1 saturated carbocycles. The number of ether oxygens (including phenoxy) is 1. The fourth-order valence-electron chi connectivity index (χ4n) is 3.27. The molecule has 1 aliphatic heterocycles. The highest BCUT2D eigenvalue weighted by Crippen LogP contribution is 2.31. The minimum atomic E-state index is -2.94. The zero-order chi connectivity index (χ0) is 14.0. The predicted octanol–water partition coefficient (Wildman–Crippen LogP) is 0.248. The molecule has 0 bridgehead atoms. The van der Waals surface area contributed by atoms with E-state index in [0.29, 0.717) is 6.42 Å².